The Balaban J connectivity index is 1.52. The number of hydrogen-bond acceptors (Lipinski definition) is 3. The zero-order chi connectivity index (χ0) is 13.9. The van der Waals surface area contributed by atoms with Crippen LogP contribution in [0.2, 0.25) is 0 Å². The molecule has 1 aromatic carbocycles. The number of piperazine rings is 1. The van der Waals surface area contributed by atoms with Crippen LogP contribution < -0.4 is 0 Å². The van der Waals surface area contributed by atoms with Gasteiger partial charge in [-0.2, -0.15) is 0 Å². The summed E-state index contributed by atoms with van der Waals surface area (Å²) in [5, 5.41) is 0. The van der Waals surface area contributed by atoms with E-state index in [1.165, 1.54) is 43.9 Å². The molecule has 3 nitrogen and oxygen atoms in total. The van der Waals surface area contributed by atoms with Crippen molar-refractivity contribution in [3.8, 4) is 0 Å². The van der Waals surface area contributed by atoms with Gasteiger partial charge in [0.25, 0.3) is 0 Å². The molecule has 2 aliphatic heterocycles. The predicted octanol–water partition coefficient (Wildman–Crippen LogP) is 2.72. The molecule has 3 rings (SSSR count). The average molecular weight is 271 g/mol. The first-order valence-corrected chi connectivity index (χ1v) is 7.80. The first-order valence-electron chi connectivity index (χ1n) is 7.80. The third kappa shape index (κ3) is 3.28. The molecule has 108 valence electrons. The fourth-order valence-corrected chi connectivity index (χ4v) is 3.17. The summed E-state index contributed by atoms with van der Waals surface area (Å²) in [6.07, 6.45) is 3.02. The molecule has 0 atom stereocenters. The quantitative estimate of drug-likeness (QED) is 0.838. The van der Waals surface area contributed by atoms with Gasteiger partial charge in [-0.15, -0.1) is 0 Å². The molecule has 0 bridgehead atoms. The van der Waals surface area contributed by atoms with Crippen LogP contribution in [0.4, 0.5) is 5.69 Å². The van der Waals surface area contributed by atoms with Gasteiger partial charge in [0.1, 0.15) is 0 Å². The summed E-state index contributed by atoms with van der Waals surface area (Å²) in [5.74, 6) is 0.776. The van der Waals surface area contributed by atoms with Crippen LogP contribution in [-0.2, 0) is 13.0 Å². The maximum Gasteiger partial charge on any atom is 0.0661 e. The molecular formula is C17H25N3. The molecule has 1 saturated heterocycles. The first kappa shape index (κ1) is 13.8. The van der Waals surface area contributed by atoms with E-state index >= 15 is 0 Å². The summed E-state index contributed by atoms with van der Waals surface area (Å²) in [6, 6.07) is 6.74. The third-order valence-electron chi connectivity index (χ3n) is 4.18. The van der Waals surface area contributed by atoms with Crippen LogP contribution in [0.15, 0.2) is 23.2 Å². The standard InChI is InChI=1S/C17H25N3/c1-14(2)12-19-7-9-20(10-8-19)13-15-3-4-17-16(11-15)5-6-18-17/h3-4,6,11,14H,5,7-10,12-13H2,1-2H3. The maximum atomic E-state index is 4.38. The minimum absolute atomic E-state index is 0.776. The lowest BCUT2D eigenvalue weighted by Crippen LogP contribution is -2.46. The van der Waals surface area contributed by atoms with Gasteiger partial charge in [0.2, 0.25) is 0 Å². The summed E-state index contributed by atoms with van der Waals surface area (Å²) < 4.78 is 0. The lowest BCUT2D eigenvalue weighted by molar-refractivity contribution is 0.117. The topological polar surface area (TPSA) is 18.8 Å². The van der Waals surface area contributed by atoms with Crippen LogP contribution in [-0.4, -0.2) is 48.7 Å². The Morgan fingerprint density at radius 2 is 1.85 bits per heavy atom. The van der Waals surface area contributed by atoms with Gasteiger partial charge in [0.15, 0.2) is 0 Å². The first-order chi connectivity index (χ1) is 9.70. The van der Waals surface area contributed by atoms with Crippen molar-refractivity contribution in [2.24, 2.45) is 10.9 Å². The van der Waals surface area contributed by atoms with E-state index in [1.54, 1.807) is 0 Å². The average Bonchev–Trinajstić information content (AvgIpc) is 2.88. The number of nitrogens with zero attached hydrogens (tertiary/aromatic N) is 3. The van der Waals surface area contributed by atoms with Gasteiger partial charge in [-0.3, -0.25) is 9.89 Å². The molecular weight excluding hydrogens is 246 g/mol. The van der Waals surface area contributed by atoms with E-state index < -0.39 is 0 Å². The lowest BCUT2D eigenvalue weighted by atomic mass is 10.1. The molecule has 20 heavy (non-hydrogen) atoms. The summed E-state index contributed by atoms with van der Waals surface area (Å²) in [7, 11) is 0. The highest BCUT2D eigenvalue weighted by molar-refractivity contribution is 5.75. The molecule has 0 aromatic heterocycles. The Morgan fingerprint density at radius 1 is 1.10 bits per heavy atom. The monoisotopic (exact) mass is 271 g/mol. The van der Waals surface area contributed by atoms with E-state index in [2.05, 4.69) is 46.8 Å². The van der Waals surface area contributed by atoms with Crippen molar-refractivity contribution in [2.45, 2.75) is 26.8 Å². The zero-order valence-corrected chi connectivity index (χ0v) is 12.7. The van der Waals surface area contributed by atoms with E-state index in [0.29, 0.717) is 0 Å². The second-order valence-corrected chi connectivity index (χ2v) is 6.45. The Morgan fingerprint density at radius 3 is 2.60 bits per heavy atom. The van der Waals surface area contributed by atoms with Crippen LogP contribution >= 0.6 is 0 Å². The van der Waals surface area contributed by atoms with E-state index in [-0.39, 0.29) is 0 Å². The Bertz CT molecular complexity index is 485. The zero-order valence-electron chi connectivity index (χ0n) is 12.7. The summed E-state index contributed by atoms with van der Waals surface area (Å²) in [5.41, 5.74) is 3.99. The second kappa shape index (κ2) is 6.06. The number of hydrogen-bond donors (Lipinski definition) is 0. The molecule has 0 amide bonds. The van der Waals surface area contributed by atoms with Gasteiger partial charge < -0.3 is 4.90 Å². The number of fused-ring (bicyclic) bond motifs is 1. The van der Waals surface area contributed by atoms with Crippen molar-refractivity contribution < 1.29 is 0 Å². The second-order valence-electron chi connectivity index (χ2n) is 6.45. The number of rotatable bonds is 4. The van der Waals surface area contributed by atoms with Crippen molar-refractivity contribution >= 4 is 11.9 Å². The van der Waals surface area contributed by atoms with E-state index in [4.69, 9.17) is 0 Å². The number of benzene rings is 1. The minimum Gasteiger partial charge on any atom is -0.301 e. The maximum absolute atomic E-state index is 4.38. The van der Waals surface area contributed by atoms with Crippen LogP contribution in [0.1, 0.15) is 25.0 Å². The fourth-order valence-electron chi connectivity index (χ4n) is 3.17. The van der Waals surface area contributed by atoms with E-state index in [1.807, 2.05) is 6.21 Å². The fraction of sp³-hybridized carbons (Fsp3) is 0.588. The molecule has 0 unspecified atom stereocenters. The molecule has 0 N–H and O–H groups in total. The van der Waals surface area contributed by atoms with Gasteiger partial charge in [0, 0.05) is 51.9 Å². The van der Waals surface area contributed by atoms with Crippen molar-refractivity contribution in [2.75, 3.05) is 32.7 Å². The highest BCUT2D eigenvalue weighted by atomic mass is 15.3. The molecule has 0 spiro atoms. The third-order valence-corrected chi connectivity index (χ3v) is 4.18. The normalized spacial score (nSPS) is 19.8. The molecule has 3 heteroatoms. The molecule has 2 aliphatic rings. The van der Waals surface area contributed by atoms with Crippen molar-refractivity contribution in [1.82, 2.24) is 9.80 Å². The highest BCUT2D eigenvalue weighted by Crippen LogP contribution is 2.25. The van der Waals surface area contributed by atoms with E-state index in [0.717, 1.165) is 24.6 Å². The van der Waals surface area contributed by atoms with Gasteiger partial charge >= 0.3 is 0 Å². The van der Waals surface area contributed by atoms with Gasteiger partial charge in [-0.05, 0) is 23.1 Å². The van der Waals surface area contributed by atoms with Crippen molar-refractivity contribution in [3.63, 3.8) is 0 Å². The van der Waals surface area contributed by atoms with Crippen molar-refractivity contribution in [3.05, 3.63) is 29.3 Å². The molecule has 0 radical (unpaired) electrons. The molecule has 1 aromatic rings. The van der Waals surface area contributed by atoms with Crippen LogP contribution in [0, 0.1) is 5.92 Å². The Labute approximate surface area is 122 Å². The number of aliphatic imine (C=N–C) groups is 1. The van der Waals surface area contributed by atoms with Gasteiger partial charge in [0.05, 0.1) is 5.69 Å². The van der Waals surface area contributed by atoms with Crippen LogP contribution in [0.3, 0.4) is 0 Å². The van der Waals surface area contributed by atoms with Crippen molar-refractivity contribution in [1.29, 1.82) is 0 Å². The lowest BCUT2D eigenvalue weighted by Gasteiger charge is -2.35. The Hall–Kier alpha value is -1.19. The smallest absolute Gasteiger partial charge is 0.0661 e. The Kier molecular flexibility index (Phi) is 4.18. The predicted molar refractivity (Wildman–Crippen MR) is 84.9 cm³/mol. The molecule has 0 saturated carbocycles. The summed E-state index contributed by atoms with van der Waals surface area (Å²) in [6.45, 7) is 11.8. The summed E-state index contributed by atoms with van der Waals surface area (Å²) in [4.78, 5) is 9.55. The largest absolute Gasteiger partial charge is 0.301 e. The highest BCUT2D eigenvalue weighted by Gasteiger charge is 2.18. The van der Waals surface area contributed by atoms with E-state index in [9.17, 15) is 0 Å². The van der Waals surface area contributed by atoms with Gasteiger partial charge in [-0.1, -0.05) is 26.0 Å². The molecule has 1 fully saturated rings. The summed E-state index contributed by atoms with van der Waals surface area (Å²) >= 11 is 0. The SMILES string of the molecule is CC(C)CN1CCN(Cc2ccc3c(c2)CC=N3)CC1. The molecule has 0 aliphatic carbocycles. The van der Waals surface area contributed by atoms with Crippen LogP contribution in [0.25, 0.3) is 0 Å². The minimum atomic E-state index is 0.776. The van der Waals surface area contributed by atoms with Crippen LogP contribution in [0.5, 0.6) is 0 Å². The van der Waals surface area contributed by atoms with Gasteiger partial charge in [-0.25, -0.2) is 0 Å². The molecule has 2 heterocycles.